The summed E-state index contributed by atoms with van der Waals surface area (Å²) in [6, 6.07) is 16.3. The third kappa shape index (κ3) is 5.45. The fraction of sp³-hybridized carbons (Fsp3) is 0.304. The van der Waals surface area contributed by atoms with Gasteiger partial charge < -0.3 is 19.7 Å². The molecule has 0 radical (unpaired) electrons. The number of aliphatic hydroxyl groups is 1. The topological polar surface area (TPSA) is 84.6 Å². The van der Waals surface area contributed by atoms with Crippen molar-refractivity contribution in [1.82, 2.24) is 10.5 Å². The van der Waals surface area contributed by atoms with E-state index in [1.54, 1.807) is 31.2 Å². The summed E-state index contributed by atoms with van der Waals surface area (Å²) in [5, 5.41) is 17.2. The van der Waals surface area contributed by atoms with Crippen LogP contribution < -0.4 is 10.1 Å². The van der Waals surface area contributed by atoms with Gasteiger partial charge in [-0.15, -0.1) is 0 Å². The van der Waals surface area contributed by atoms with E-state index in [2.05, 4.69) is 10.5 Å². The highest BCUT2D eigenvalue weighted by molar-refractivity contribution is 5.94. The number of nitrogens with one attached hydrogen (secondary N) is 1. The summed E-state index contributed by atoms with van der Waals surface area (Å²) in [4.78, 5) is 12.6. The van der Waals surface area contributed by atoms with Crippen LogP contribution in [-0.2, 0) is 13.0 Å². The molecular weight excluding hydrogens is 368 g/mol. The molecule has 0 unspecified atom stereocenters. The quantitative estimate of drug-likeness (QED) is 0.610. The van der Waals surface area contributed by atoms with Crippen molar-refractivity contribution in [3.8, 4) is 5.75 Å². The van der Waals surface area contributed by atoms with Gasteiger partial charge in [0, 0.05) is 12.0 Å². The average molecular weight is 394 g/mol. The highest BCUT2D eigenvalue weighted by Crippen LogP contribution is 2.19. The van der Waals surface area contributed by atoms with Gasteiger partial charge in [0.2, 0.25) is 0 Å². The second-order valence-corrected chi connectivity index (χ2v) is 7.14. The van der Waals surface area contributed by atoms with E-state index >= 15 is 0 Å². The van der Waals surface area contributed by atoms with Gasteiger partial charge in [-0.25, -0.2) is 0 Å². The van der Waals surface area contributed by atoms with E-state index < -0.39 is 12.1 Å². The number of amides is 1. The third-order valence-corrected chi connectivity index (χ3v) is 4.88. The van der Waals surface area contributed by atoms with E-state index in [1.807, 2.05) is 44.2 Å². The lowest BCUT2D eigenvalue weighted by molar-refractivity contribution is 0.0851. The first-order valence-electron chi connectivity index (χ1n) is 9.61. The van der Waals surface area contributed by atoms with Gasteiger partial charge in [-0.05, 0) is 44.5 Å². The minimum absolute atomic E-state index is 0.257. The van der Waals surface area contributed by atoms with Crippen LogP contribution in [0, 0.1) is 13.8 Å². The Hall–Kier alpha value is -3.12. The zero-order valence-electron chi connectivity index (χ0n) is 16.9. The van der Waals surface area contributed by atoms with Crippen molar-refractivity contribution in [2.75, 3.05) is 0 Å². The van der Waals surface area contributed by atoms with Crippen molar-refractivity contribution in [2.24, 2.45) is 0 Å². The molecule has 0 aliphatic carbocycles. The number of carbonyl (C=O) groups is 1. The number of aromatic nitrogens is 1. The average Bonchev–Trinajstić information content (AvgIpc) is 3.04. The highest BCUT2D eigenvalue weighted by Gasteiger charge is 2.18. The number of rotatable bonds is 8. The van der Waals surface area contributed by atoms with Crippen LogP contribution in [0.4, 0.5) is 0 Å². The van der Waals surface area contributed by atoms with Crippen LogP contribution in [0.25, 0.3) is 0 Å². The molecule has 0 saturated carbocycles. The lowest BCUT2D eigenvalue weighted by atomic mass is 10.0. The van der Waals surface area contributed by atoms with E-state index in [4.69, 9.17) is 9.26 Å². The van der Waals surface area contributed by atoms with Gasteiger partial charge in [0.25, 0.3) is 5.91 Å². The molecule has 6 nitrogen and oxygen atoms in total. The molecule has 0 aliphatic heterocycles. The van der Waals surface area contributed by atoms with E-state index in [0.717, 1.165) is 22.6 Å². The molecule has 1 aromatic heterocycles. The molecule has 2 atom stereocenters. The molecule has 6 heteroatoms. The molecule has 0 bridgehead atoms. The van der Waals surface area contributed by atoms with Gasteiger partial charge in [-0.1, -0.05) is 41.6 Å². The Labute approximate surface area is 170 Å². The van der Waals surface area contributed by atoms with E-state index in [1.165, 1.54) is 0 Å². The molecule has 2 aromatic carbocycles. The van der Waals surface area contributed by atoms with Crippen LogP contribution in [0.1, 0.15) is 39.9 Å². The summed E-state index contributed by atoms with van der Waals surface area (Å²) in [6.07, 6.45) is -0.205. The molecule has 2 N–H and O–H groups in total. The van der Waals surface area contributed by atoms with E-state index in [9.17, 15) is 9.90 Å². The maximum absolute atomic E-state index is 12.6. The van der Waals surface area contributed by atoms with Gasteiger partial charge in [0.15, 0.2) is 0 Å². The first-order chi connectivity index (χ1) is 13.9. The maximum Gasteiger partial charge on any atom is 0.251 e. The predicted octanol–water partition coefficient (Wildman–Crippen LogP) is 3.59. The zero-order chi connectivity index (χ0) is 20.8. The van der Waals surface area contributed by atoms with Crippen molar-refractivity contribution in [3.63, 3.8) is 0 Å². The molecular formula is C23H26N2O4. The predicted molar refractivity (Wildman–Crippen MR) is 110 cm³/mol. The fourth-order valence-corrected chi connectivity index (χ4v) is 3.01. The van der Waals surface area contributed by atoms with Crippen LogP contribution in [0.2, 0.25) is 0 Å². The molecule has 0 saturated heterocycles. The number of ether oxygens (including phenoxy) is 1. The normalized spacial score (nSPS) is 13.0. The van der Waals surface area contributed by atoms with E-state index in [-0.39, 0.29) is 5.91 Å². The van der Waals surface area contributed by atoms with Crippen molar-refractivity contribution >= 4 is 5.91 Å². The Kier molecular flexibility index (Phi) is 6.67. The van der Waals surface area contributed by atoms with Gasteiger partial charge >= 0.3 is 0 Å². The molecule has 1 amide bonds. The maximum atomic E-state index is 12.6. The Morgan fingerprint density at radius 1 is 1.17 bits per heavy atom. The van der Waals surface area contributed by atoms with E-state index in [0.29, 0.717) is 24.3 Å². The Morgan fingerprint density at radius 2 is 1.93 bits per heavy atom. The molecule has 3 aromatic rings. The molecule has 152 valence electrons. The van der Waals surface area contributed by atoms with Gasteiger partial charge in [-0.3, -0.25) is 4.79 Å². The Bertz CT molecular complexity index is 933. The molecule has 0 aliphatic rings. The SMILES string of the molecule is Cc1noc(C)c1COc1cccc(C(=O)N[C@H](C)[C@@H](O)Cc2ccccc2)c1. The third-order valence-electron chi connectivity index (χ3n) is 4.88. The Morgan fingerprint density at radius 3 is 2.62 bits per heavy atom. The second kappa shape index (κ2) is 9.39. The monoisotopic (exact) mass is 394 g/mol. The lowest BCUT2D eigenvalue weighted by Gasteiger charge is -2.20. The zero-order valence-corrected chi connectivity index (χ0v) is 16.9. The van der Waals surface area contributed by atoms with Crippen LogP contribution in [0.15, 0.2) is 59.1 Å². The molecule has 1 heterocycles. The van der Waals surface area contributed by atoms with Gasteiger partial charge in [0.05, 0.1) is 23.4 Å². The number of benzene rings is 2. The van der Waals surface area contributed by atoms with Crippen molar-refractivity contribution in [1.29, 1.82) is 0 Å². The summed E-state index contributed by atoms with van der Waals surface area (Å²) < 4.78 is 10.9. The second-order valence-electron chi connectivity index (χ2n) is 7.14. The number of nitrogens with zero attached hydrogens (tertiary/aromatic N) is 1. The smallest absolute Gasteiger partial charge is 0.251 e. The number of hydrogen-bond donors (Lipinski definition) is 2. The van der Waals surface area contributed by atoms with Crippen LogP contribution >= 0.6 is 0 Å². The summed E-state index contributed by atoms with van der Waals surface area (Å²) in [5.41, 5.74) is 3.19. The number of carbonyl (C=O) groups excluding carboxylic acids is 1. The number of aryl methyl sites for hydroxylation is 2. The first-order valence-corrected chi connectivity index (χ1v) is 9.61. The van der Waals surface area contributed by atoms with Crippen molar-refractivity contribution in [3.05, 3.63) is 82.7 Å². The minimum Gasteiger partial charge on any atom is -0.489 e. The minimum atomic E-state index is -0.680. The first kappa shape index (κ1) is 20.6. The highest BCUT2D eigenvalue weighted by atomic mass is 16.5. The molecule has 3 rings (SSSR count). The van der Waals surface area contributed by atoms with Crippen molar-refractivity contribution in [2.45, 2.75) is 45.9 Å². The standard InChI is InChI=1S/C23H26N2O4/c1-15-21(17(3)29-25-15)14-28-20-11-7-10-19(13-20)23(27)24-16(2)22(26)12-18-8-5-4-6-9-18/h4-11,13,16,22,26H,12,14H2,1-3H3,(H,24,27)/t16-,22+/m1/s1. The van der Waals surface area contributed by atoms with Crippen LogP contribution in [0.3, 0.4) is 0 Å². The van der Waals surface area contributed by atoms with Crippen molar-refractivity contribution < 1.29 is 19.2 Å². The number of aliphatic hydroxyl groups excluding tert-OH is 1. The van der Waals surface area contributed by atoms with Gasteiger partial charge in [-0.2, -0.15) is 0 Å². The Balaban J connectivity index is 1.58. The largest absolute Gasteiger partial charge is 0.489 e. The molecule has 0 spiro atoms. The van der Waals surface area contributed by atoms with Crippen LogP contribution in [-0.4, -0.2) is 28.3 Å². The fourth-order valence-electron chi connectivity index (χ4n) is 3.01. The summed E-state index contributed by atoms with van der Waals surface area (Å²) in [5.74, 6) is 1.04. The summed E-state index contributed by atoms with van der Waals surface area (Å²) in [7, 11) is 0. The summed E-state index contributed by atoms with van der Waals surface area (Å²) in [6.45, 7) is 5.81. The van der Waals surface area contributed by atoms with Crippen LogP contribution in [0.5, 0.6) is 5.75 Å². The summed E-state index contributed by atoms with van der Waals surface area (Å²) >= 11 is 0. The number of hydrogen-bond acceptors (Lipinski definition) is 5. The molecule has 29 heavy (non-hydrogen) atoms. The molecule has 0 fully saturated rings. The van der Waals surface area contributed by atoms with Gasteiger partial charge in [0.1, 0.15) is 18.1 Å². The lowest BCUT2D eigenvalue weighted by Crippen LogP contribution is -2.42.